The van der Waals surface area contributed by atoms with E-state index in [9.17, 15) is 0 Å². The third kappa shape index (κ3) is 4.08. The summed E-state index contributed by atoms with van der Waals surface area (Å²) in [5.74, 6) is 0.963. The molecule has 0 spiro atoms. The Morgan fingerprint density at radius 3 is 2.76 bits per heavy atom. The minimum Gasteiger partial charge on any atom is -0.493 e. The van der Waals surface area contributed by atoms with Crippen molar-refractivity contribution in [3.63, 3.8) is 0 Å². The summed E-state index contributed by atoms with van der Waals surface area (Å²) in [7, 11) is 1.96. The van der Waals surface area contributed by atoms with E-state index >= 15 is 0 Å². The predicted molar refractivity (Wildman–Crippen MR) is 85.7 cm³/mol. The van der Waals surface area contributed by atoms with Crippen LogP contribution in [0.15, 0.2) is 30.5 Å². The molecule has 0 radical (unpaired) electrons. The van der Waals surface area contributed by atoms with Gasteiger partial charge in [-0.2, -0.15) is 5.10 Å². The maximum atomic E-state index is 5.90. The Balaban J connectivity index is 1.93. The van der Waals surface area contributed by atoms with Gasteiger partial charge in [-0.1, -0.05) is 19.1 Å². The highest BCUT2D eigenvalue weighted by Crippen LogP contribution is 2.22. The van der Waals surface area contributed by atoms with E-state index in [0.717, 1.165) is 18.7 Å². The molecular formula is C17H25N3O. The first-order chi connectivity index (χ1) is 10.1. The number of benzene rings is 1. The molecule has 1 unspecified atom stereocenters. The minimum absolute atomic E-state index is 0.372. The highest BCUT2D eigenvalue weighted by atomic mass is 16.5. The maximum Gasteiger partial charge on any atom is 0.122 e. The second-order valence-corrected chi connectivity index (χ2v) is 5.35. The Bertz CT molecular complexity index is 577. The summed E-state index contributed by atoms with van der Waals surface area (Å²) >= 11 is 0. The molecule has 1 aromatic heterocycles. The lowest BCUT2D eigenvalue weighted by Crippen LogP contribution is -2.17. The van der Waals surface area contributed by atoms with E-state index in [-0.39, 0.29) is 0 Å². The molecule has 1 heterocycles. The maximum absolute atomic E-state index is 5.90. The van der Waals surface area contributed by atoms with Crippen molar-refractivity contribution >= 4 is 0 Å². The van der Waals surface area contributed by atoms with E-state index in [0.29, 0.717) is 12.6 Å². The normalized spacial score (nSPS) is 12.4. The molecule has 0 aliphatic rings. The fraction of sp³-hybridized carbons (Fsp3) is 0.471. The third-order valence-corrected chi connectivity index (χ3v) is 3.75. The topological polar surface area (TPSA) is 39.1 Å². The van der Waals surface area contributed by atoms with E-state index in [2.05, 4.69) is 49.4 Å². The third-order valence-electron chi connectivity index (χ3n) is 3.75. The molecule has 4 heteroatoms. The Kier molecular flexibility index (Phi) is 5.39. The van der Waals surface area contributed by atoms with E-state index in [1.807, 2.05) is 24.0 Å². The molecule has 0 amide bonds. The number of hydrogen-bond donors (Lipinski definition) is 1. The van der Waals surface area contributed by atoms with Crippen LogP contribution in [-0.2, 0) is 13.5 Å². The molecule has 1 aromatic carbocycles. The Labute approximate surface area is 127 Å². The van der Waals surface area contributed by atoms with Gasteiger partial charge >= 0.3 is 0 Å². The second kappa shape index (κ2) is 7.27. The van der Waals surface area contributed by atoms with E-state index in [4.69, 9.17) is 4.74 Å². The lowest BCUT2D eigenvalue weighted by atomic mass is 10.1. The van der Waals surface area contributed by atoms with E-state index < -0.39 is 0 Å². The molecule has 2 rings (SSSR count). The fourth-order valence-electron chi connectivity index (χ4n) is 2.44. The molecule has 21 heavy (non-hydrogen) atoms. The summed E-state index contributed by atoms with van der Waals surface area (Å²) in [4.78, 5) is 0. The first-order valence-electron chi connectivity index (χ1n) is 7.55. The molecule has 114 valence electrons. The standard InChI is InChI=1S/C17H25N3O/c1-5-18-14(3)15-6-7-17(13(2)12-15)21-11-9-16-8-10-19-20(16)4/h6-8,10,12,14,18H,5,9,11H2,1-4H3. The number of aromatic nitrogens is 2. The molecule has 0 bridgehead atoms. The van der Waals surface area contributed by atoms with Crippen molar-refractivity contribution < 1.29 is 4.74 Å². The quantitative estimate of drug-likeness (QED) is 0.851. The highest BCUT2D eigenvalue weighted by molar-refractivity contribution is 5.37. The molecule has 4 nitrogen and oxygen atoms in total. The van der Waals surface area contributed by atoms with Crippen molar-refractivity contribution in [1.29, 1.82) is 0 Å². The number of ether oxygens (including phenoxy) is 1. The number of aryl methyl sites for hydroxylation is 2. The van der Waals surface area contributed by atoms with Gasteiger partial charge in [0.1, 0.15) is 5.75 Å². The van der Waals surface area contributed by atoms with Crippen LogP contribution in [0.3, 0.4) is 0 Å². The molecule has 0 saturated heterocycles. The van der Waals surface area contributed by atoms with E-state index in [1.165, 1.54) is 16.8 Å². The SMILES string of the molecule is CCNC(C)c1ccc(OCCc2ccnn2C)c(C)c1. The second-order valence-electron chi connectivity index (χ2n) is 5.35. The van der Waals surface area contributed by atoms with Crippen LogP contribution in [-0.4, -0.2) is 22.9 Å². The van der Waals surface area contributed by atoms with E-state index in [1.54, 1.807) is 0 Å². The van der Waals surface area contributed by atoms with Crippen LogP contribution in [0.5, 0.6) is 5.75 Å². The monoisotopic (exact) mass is 287 g/mol. The van der Waals surface area contributed by atoms with Gasteiger partial charge in [0.25, 0.3) is 0 Å². The molecular weight excluding hydrogens is 262 g/mol. The summed E-state index contributed by atoms with van der Waals surface area (Å²) in [6, 6.07) is 8.81. The average Bonchev–Trinajstić information content (AvgIpc) is 2.86. The van der Waals surface area contributed by atoms with Crippen molar-refractivity contribution in [2.24, 2.45) is 7.05 Å². The van der Waals surface area contributed by atoms with Crippen molar-refractivity contribution in [2.45, 2.75) is 33.2 Å². The van der Waals surface area contributed by atoms with Crippen LogP contribution in [0.2, 0.25) is 0 Å². The summed E-state index contributed by atoms with van der Waals surface area (Å²) in [6.45, 7) is 8.05. The van der Waals surface area contributed by atoms with Crippen LogP contribution in [0, 0.1) is 6.92 Å². The van der Waals surface area contributed by atoms with Gasteiger partial charge in [0.15, 0.2) is 0 Å². The minimum atomic E-state index is 0.372. The van der Waals surface area contributed by atoms with Crippen LogP contribution < -0.4 is 10.1 Å². The first-order valence-corrected chi connectivity index (χ1v) is 7.55. The number of nitrogens with one attached hydrogen (secondary N) is 1. The summed E-state index contributed by atoms with van der Waals surface area (Å²) in [5.41, 5.74) is 3.67. The molecule has 1 atom stereocenters. The predicted octanol–water partition coefficient (Wildman–Crippen LogP) is 3.02. The average molecular weight is 287 g/mol. The van der Waals surface area contributed by atoms with Crippen molar-refractivity contribution in [3.05, 3.63) is 47.3 Å². The number of rotatable bonds is 7. The number of hydrogen-bond acceptors (Lipinski definition) is 3. The van der Waals surface area contributed by atoms with Gasteiger partial charge in [-0.15, -0.1) is 0 Å². The lowest BCUT2D eigenvalue weighted by Gasteiger charge is -2.15. The molecule has 0 saturated carbocycles. The van der Waals surface area contributed by atoms with Gasteiger partial charge in [-0.3, -0.25) is 4.68 Å². The zero-order valence-corrected chi connectivity index (χ0v) is 13.4. The van der Waals surface area contributed by atoms with Gasteiger partial charge < -0.3 is 10.1 Å². The van der Waals surface area contributed by atoms with Crippen molar-refractivity contribution in [3.8, 4) is 5.75 Å². The Hall–Kier alpha value is -1.81. The largest absolute Gasteiger partial charge is 0.493 e. The van der Waals surface area contributed by atoms with Gasteiger partial charge in [0.2, 0.25) is 0 Å². The number of nitrogens with zero attached hydrogens (tertiary/aromatic N) is 2. The lowest BCUT2D eigenvalue weighted by molar-refractivity contribution is 0.316. The van der Waals surface area contributed by atoms with Crippen LogP contribution in [0.1, 0.15) is 36.7 Å². The smallest absolute Gasteiger partial charge is 0.122 e. The first kappa shape index (κ1) is 15.6. The van der Waals surface area contributed by atoms with Gasteiger partial charge in [-0.05, 0) is 43.7 Å². The summed E-state index contributed by atoms with van der Waals surface area (Å²) in [6.07, 6.45) is 2.68. The Morgan fingerprint density at radius 2 is 2.14 bits per heavy atom. The summed E-state index contributed by atoms with van der Waals surface area (Å²) in [5, 5.41) is 7.59. The van der Waals surface area contributed by atoms with Crippen LogP contribution in [0.4, 0.5) is 0 Å². The Morgan fingerprint density at radius 1 is 1.33 bits per heavy atom. The summed E-state index contributed by atoms with van der Waals surface area (Å²) < 4.78 is 7.78. The van der Waals surface area contributed by atoms with Gasteiger partial charge in [0.05, 0.1) is 6.61 Å². The molecule has 2 aromatic rings. The van der Waals surface area contributed by atoms with Gasteiger partial charge in [-0.25, -0.2) is 0 Å². The molecule has 1 N–H and O–H groups in total. The van der Waals surface area contributed by atoms with Crippen LogP contribution in [0.25, 0.3) is 0 Å². The fourth-order valence-corrected chi connectivity index (χ4v) is 2.44. The zero-order valence-electron chi connectivity index (χ0n) is 13.4. The van der Waals surface area contributed by atoms with Gasteiger partial charge in [0, 0.05) is 31.4 Å². The molecule has 0 aliphatic heterocycles. The molecule has 0 aliphatic carbocycles. The van der Waals surface area contributed by atoms with Crippen LogP contribution >= 0.6 is 0 Å². The molecule has 0 fully saturated rings. The van der Waals surface area contributed by atoms with Crippen molar-refractivity contribution in [2.75, 3.05) is 13.2 Å². The highest BCUT2D eigenvalue weighted by Gasteiger charge is 2.07. The van der Waals surface area contributed by atoms with Crippen molar-refractivity contribution in [1.82, 2.24) is 15.1 Å². The zero-order chi connectivity index (χ0) is 15.2.